The summed E-state index contributed by atoms with van der Waals surface area (Å²) in [6, 6.07) is 0. The molecule has 0 heterocycles. The third-order valence-corrected chi connectivity index (χ3v) is 2.14. The molecule has 1 aliphatic rings. The molecule has 0 aromatic rings. The average Bonchev–Trinajstić information content (AvgIpc) is 1.77. The van der Waals surface area contributed by atoms with Gasteiger partial charge in [0, 0.05) is 32.7 Å². The molecule has 0 atom stereocenters. The van der Waals surface area contributed by atoms with Gasteiger partial charge >= 0.3 is 0 Å². The SMILES string of the molecule is [CH2-]C1CCC(C)CC1.[Y]. The monoisotopic (exact) mass is 200 g/mol. The second kappa shape index (κ2) is 4.85. The fourth-order valence-electron chi connectivity index (χ4n) is 1.33. The van der Waals surface area contributed by atoms with Crippen molar-refractivity contribution in [2.24, 2.45) is 11.8 Å². The molecule has 0 aromatic heterocycles. The zero-order valence-electron chi connectivity index (χ0n) is 6.27. The largest absolute Gasteiger partial charge is 0.340 e. The van der Waals surface area contributed by atoms with Crippen LogP contribution in [0, 0.1) is 18.8 Å². The van der Waals surface area contributed by atoms with Crippen LogP contribution in [0.5, 0.6) is 0 Å². The van der Waals surface area contributed by atoms with E-state index in [4.69, 9.17) is 0 Å². The molecule has 0 unspecified atom stereocenters. The fraction of sp³-hybridized carbons (Fsp3) is 0.875. The molecule has 0 nitrogen and oxygen atoms in total. The molecule has 0 aliphatic heterocycles. The molecule has 9 heavy (non-hydrogen) atoms. The molecule has 0 amide bonds. The Morgan fingerprint density at radius 1 is 1.11 bits per heavy atom. The van der Waals surface area contributed by atoms with Crippen molar-refractivity contribution in [1.29, 1.82) is 0 Å². The first kappa shape index (κ1) is 10.1. The van der Waals surface area contributed by atoms with Gasteiger partial charge in [-0.15, -0.1) is 0 Å². The minimum absolute atomic E-state index is 0. The van der Waals surface area contributed by atoms with Gasteiger partial charge in [0.05, 0.1) is 0 Å². The van der Waals surface area contributed by atoms with Crippen molar-refractivity contribution < 1.29 is 32.7 Å². The van der Waals surface area contributed by atoms with Crippen LogP contribution < -0.4 is 0 Å². The van der Waals surface area contributed by atoms with E-state index in [1.807, 2.05) is 0 Å². The van der Waals surface area contributed by atoms with Gasteiger partial charge in [-0.2, -0.15) is 5.92 Å². The first-order chi connectivity index (χ1) is 3.79. The number of hydrogen-bond acceptors (Lipinski definition) is 0. The van der Waals surface area contributed by atoms with Crippen molar-refractivity contribution in [3.63, 3.8) is 0 Å². The van der Waals surface area contributed by atoms with Crippen LogP contribution >= 0.6 is 0 Å². The summed E-state index contributed by atoms with van der Waals surface area (Å²) in [5.41, 5.74) is 0. The van der Waals surface area contributed by atoms with Gasteiger partial charge < -0.3 is 6.92 Å². The topological polar surface area (TPSA) is 0 Å². The van der Waals surface area contributed by atoms with Gasteiger partial charge in [-0.3, -0.25) is 0 Å². The van der Waals surface area contributed by atoms with Gasteiger partial charge in [-0.25, -0.2) is 0 Å². The molecule has 51 valence electrons. The Labute approximate surface area is 83.7 Å². The average molecular weight is 200 g/mol. The predicted octanol–water partition coefficient (Wildman–Crippen LogP) is 2.64. The fourth-order valence-corrected chi connectivity index (χ4v) is 1.33. The van der Waals surface area contributed by atoms with Crippen LogP contribution in [-0.2, 0) is 32.7 Å². The molecule has 0 N–H and O–H groups in total. The molecule has 1 aliphatic carbocycles. The zero-order chi connectivity index (χ0) is 5.98. The van der Waals surface area contributed by atoms with Crippen molar-refractivity contribution in [1.82, 2.24) is 0 Å². The van der Waals surface area contributed by atoms with Gasteiger partial charge in [0.25, 0.3) is 0 Å². The van der Waals surface area contributed by atoms with Gasteiger partial charge in [-0.1, -0.05) is 32.6 Å². The van der Waals surface area contributed by atoms with E-state index in [9.17, 15) is 0 Å². The maximum absolute atomic E-state index is 4.03. The zero-order valence-corrected chi connectivity index (χ0v) is 9.11. The molecule has 0 bridgehead atoms. The third kappa shape index (κ3) is 3.73. The standard InChI is InChI=1S/C8H15.Y/c1-7-3-5-8(2)6-4-7;/h7-8H,1,3-6H2,2H3;/q-1;. The normalized spacial score (nSPS) is 35.3. The van der Waals surface area contributed by atoms with E-state index in [-0.39, 0.29) is 32.7 Å². The smallest absolute Gasteiger partial charge is 0 e. The number of hydrogen-bond donors (Lipinski definition) is 0. The Bertz CT molecular complexity index is 53.0. The van der Waals surface area contributed by atoms with E-state index in [1.165, 1.54) is 25.7 Å². The van der Waals surface area contributed by atoms with Crippen molar-refractivity contribution in [2.75, 3.05) is 0 Å². The molecular formula is C8H15Y-. The van der Waals surface area contributed by atoms with E-state index >= 15 is 0 Å². The summed E-state index contributed by atoms with van der Waals surface area (Å²) >= 11 is 0. The Balaban J connectivity index is 0.000000640. The van der Waals surface area contributed by atoms with Gasteiger partial charge in [0.2, 0.25) is 0 Å². The van der Waals surface area contributed by atoms with E-state index in [1.54, 1.807) is 0 Å². The molecule has 1 radical (unpaired) electrons. The van der Waals surface area contributed by atoms with Crippen LogP contribution in [0.25, 0.3) is 0 Å². The van der Waals surface area contributed by atoms with Crippen LogP contribution in [0.4, 0.5) is 0 Å². The molecule has 1 heteroatoms. The second-order valence-electron chi connectivity index (χ2n) is 3.13. The van der Waals surface area contributed by atoms with Gasteiger partial charge in [-0.05, 0) is 5.92 Å². The van der Waals surface area contributed by atoms with Crippen molar-refractivity contribution in [3.05, 3.63) is 6.92 Å². The van der Waals surface area contributed by atoms with E-state index < -0.39 is 0 Å². The van der Waals surface area contributed by atoms with Crippen LogP contribution in [0.1, 0.15) is 32.6 Å². The Morgan fingerprint density at radius 3 is 1.89 bits per heavy atom. The van der Waals surface area contributed by atoms with E-state index in [0.29, 0.717) is 0 Å². The first-order valence-corrected chi connectivity index (χ1v) is 3.62. The van der Waals surface area contributed by atoms with E-state index in [2.05, 4.69) is 13.8 Å². The quantitative estimate of drug-likeness (QED) is 0.527. The van der Waals surface area contributed by atoms with Crippen molar-refractivity contribution in [3.8, 4) is 0 Å². The molecule has 1 rings (SSSR count). The molecule has 1 saturated carbocycles. The first-order valence-electron chi connectivity index (χ1n) is 3.62. The Morgan fingerprint density at radius 2 is 1.56 bits per heavy atom. The third-order valence-electron chi connectivity index (χ3n) is 2.14. The maximum Gasteiger partial charge on any atom is 0 e. The summed E-state index contributed by atoms with van der Waals surface area (Å²) in [6.07, 6.45) is 5.55. The summed E-state index contributed by atoms with van der Waals surface area (Å²) in [5.74, 6) is 1.75. The summed E-state index contributed by atoms with van der Waals surface area (Å²) in [6.45, 7) is 6.37. The van der Waals surface area contributed by atoms with Crippen molar-refractivity contribution in [2.45, 2.75) is 32.6 Å². The van der Waals surface area contributed by atoms with Gasteiger partial charge in [0.15, 0.2) is 0 Å². The minimum atomic E-state index is 0. The van der Waals surface area contributed by atoms with E-state index in [0.717, 1.165) is 11.8 Å². The van der Waals surface area contributed by atoms with Crippen LogP contribution in [0.3, 0.4) is 0 Å². The maximum atomic E-state index is 4.03. The molecular weight excluding hydrogens is 185 g/mol. The molecule has 0 aromatic carbocycles. The predicted molar refractivity (Wildman–Crippen MR) is 36.5 cm³/mol. The Kier molecular flexibility index (Phi) is 5.44. The number of rotatable bonds is 0. The molecule has 0 spiro atoms. The Hall–Kier alpha value is 1.10. The molecule has 1 fully saturated rings. The van der Waals surface area contributed by atoms with Gasteiger partial charge in [0.1, 0.15) is 0 Å². The summed E-state index contributed by atoms with van der Waals surface area (Å²) in [5, 5.41) is 0. The van der Waals surface area contributed by atoms with Crippen molar-refractivity contribution >= 4 is 0 Å². The van der Waals surface area contributed by atoms with Crippen LogP contribution in [0.2, 0.25) is 0 Å². The van der Waals surface area contributed by atoms with Crippen LogP contribution in [0.15, 0.2) is 0 Å². The van der Waals surface area contributed by atoms with Crippen LogP contribution in [-0.4, -0.2) is 0 Å². The minimum Gasteiger partial charge on any atom is -0.340 e. The summed E-state index contributed by atoms with van der Waals surface area (Å²) in [7, 11) is 0. The molecule has 0 saturated heterocycles. The summed E-state index contributed by atoms with van der Waals surface area (Å²) < 4.78 is 0. The second-order valence-corrected chi connectivity index (χ2v) is 3.13. The summed E-state index contributed by atoms with van der Waals surface area (Å²) in [4.78, 5) is 0.